The molecule has 4 aromatic rings. The normalized spacial score (nSPS) is 10.8. The minimum absolute atomic E-state index is 0.304. The molecule has 3 aromatic carbocycles. The second kappa shape index (κ2) is 8.37. The number of rotatable bonds is 5. The molecule has 0 aliphatic rings. The van der Waals surface area contributed by atoms with Crippen LogP contribution in [0, 0.1) is 6.92 Å². The van der Waals surface area contributed by atoms with Gasteiger partial charge in [0.2, 0.25) is 0 Å². The topological polar surface area (TPSA) is 59.0 Å². The zero-order valence-electron chi connectivity index (χ0n) is 16.0. The van der Waals surface area contributed by atoms with E-state index in [-0.39, 0.29) is 6.03 Å². The molecule has 146 valence electrons. The fourth-order valence-electron chi connectivity index (χ4n) is 3.21. The van der Waals surface area contributed by atoms with Gasteiger partial charge in [-0.25, -0.2) is 9.78 Å². The number of urea groups is 1. The maximum atomic E-state index is 12.3. The minimum Gasteiger partial charge on any atom is -0.331 e. The third-order valence-corrected chi connectivity index (χ3v) is 4.92. The van der Waals surface area contributed by atoms with Crippen molar-refractivity contribution in [2.75, 3.05) is 5.32 Å². The van der Waals surface area contributed by atoms with Gasteiger partial charge in [-0.1, -0.05) is 59.6 Å². The predicted molar refractivity (Wildman–Crippen MR) is 117 cm³/mol. The number of carbonyl (C=O) groups excluding carboxylic acids is 1. The van der Waals surface area contributed by atoms with Crippen LogP contribution in [0.25, 0.3) is 11.0 Å². The molecule has 1 aromatic heterocycles. The number of halogens is 1. The summed E-state index contributed by atoms with van der Waals surface area (Å²) in [5.74, 6) is 0.799. The molecule has 2 N–H and O–H groups in total. The summed E-state index contributed by atoms with van der Waals surface area (Å²) in [6.45, 7) is 3.07. The second-order valence-electron chi connectivity index (χ2n) is 6.91. The number of aromatic nitrogens is 2. The highest BCUT2D eigenvalue weighted by Gasteiger charge is 2.12. The summed E-state index contributed by atoms with van der Waals surface area (Å²) >= 11 is 5.97. The van der Waals surface area contributed by atoms with Gasteiger partial charge in [0, 0.05) is 17.3 Å². The van der Waals surface area contributed by atoms with Crippen molar-refractivity contribution < 1.29 is 4.79 Å². The van der Waals surface area contributed by atoms with Crippen LogP contribution in [-0.4, -0.2) is 15.6 Å². The second-order valence-corrected chi connectivity index (χ2v) is 7.34. The van der Waals surface area contributed by atoms with Crippen LogP contribution < -0.4 is 10.6 Å². The molecule has 0 radical (unpaired) electrons. The predicted octanol–water partition coefficient (Wildman–Crippen LogP) is 5.37. The number of fused-ring (bicyclic) bond motifs is 1. The van der Waals surface area contributed by atoms with Crippen molar-refractivity contribution in [3.05, 3.63) is 94.8 Å². The maximum Gasteiger partial charge on any atom is 0.319 e. The van der Waals surface area contributed by atoms with Gasteiger partial charge in [-0.3, -0.25) is 0 Å². The summed E-state index contributed by atoms with van der Waals surface area (Å²) in [6, 6.07) is 23.2. The third kappa shape index (κ3) is 4.58. The SMILES string of the molecule is Cc1ccc(Cn2c(CNC(=O)Nc3cccc(Cl)c3)nc3ccccc32)cc1. The molecular weight excluding hydrogens is 384 g/mol. The highest BCUT2D eigenvalue weighted by Crippen LogP contribution is 2.19. The summed E-state index contributed by atoms with van der Waals surface area (Å²) in [5, 5.41) is 6.25. The quantitative estimate of drug-likeness (QED) is 0.470. The van der Waals surface area contributed by atoms with Crippen molar-refractivity contribution in [1.82, 2.24) is 14.9 Å². The van der Waals surface area contributed by atoms with E-state index in [1.807, 2.05) is 24.3 Å². The lowest BCUT2D eigenvalue weighted by molar-refractivity contribution is 0.251. The molecule has 0 atom stereocenters. The number of anilines is 1. The van der Waals surface area contributed by atoms with E-state index < -0.39 is 0 Å². The van der Waals surface area contributed by atoms with E-state index >= 15 is 0 Å². The van der Waals surface area contributed by atoms with E-state index in [0.717, 1.165) is 16.9 Å². The number of imidazole rings is 1. The molecule has 5 nitrogen and oxygen atoms in total. The van der Waals surface area contributed by atoms with Crippen LogP contribution in [0.4, 0.5) is 10.5 Å². The van der Waals surface area contributed by atoms with Gasteiger partial charge >= 0.3 is 6.03 Å². The zero-order chi connectivity index (χ0) is 20.2. The Morgan fingerprint density at radius 2 is 1.83 bits per heavy atom. The van der Waals surface area contributed by atoms with Gasteiger partial charge in [0.25, 0.3) is 0 Å². The number of amides is 2. The molecule has 0 saturated carbocycles. The van der Waals surface area contributed by atoms with Gasteiger partial charge in [0.15, 0.2) is 0 Å². The first kappa shape index (κ1) is 19.0. The van der Waals surface area contributed by atoms with E-state index in [2.05, 4.69) is 46.4 Å². The van der Waals surface area contributed by atoms with E-state index in [1.165, 1.54) is 11.1 Å². The van der Waals surface area contributed by atoms with Crippen molar-refractivity contribution in [3.8, 4) is 0 Å². The van der Waals surface area contributed by atoms with Crippen LogP contribution in [0.3, 0.4) is 0 Å². The van der Waals surface area contributed by atoms with Crippen molar-refractivity contribution in [2.24, 2.45) is 0 Å². The molecule has 0 aliphatic carbocycles. The van der Waals surface area contributed by atoms with E-state index in [0.29, 0.717) is 23.8 Å². The molecule has 0 spiro atoms. The Morgan fingerprint density at radius 1 is 1.03 bits per heavy atom. The average molecular weight is 405 g/mol. The molecular formula is C23H21ClN4O. The van der Waals surface area contributed by atoms with Crippen LogP contribution in [0.1, 0.15) is 17.0 Å². The Balaban J connectivity index is 1.53. The van der Waals surface area contributed by atoms with E-state index in [4.69, 9.17) is 16.6 Å². The fraction of sp³-hybridized carbons (Fsp3) is 0.130. The number of hydrogen-bond donors (Lipinski definition) is 2. The lowest BCUT2D eigenvalue weighted by Crippen LogP contribution is -2.29. The Kier molecular flexibility index (Phi) is 5.49. The molecule has 4 rings (SSSR count). The first-order chi connectivity index (χ1) is 14.1. The summed E-state index contributed by atoms with van der Waals surface area (Å²) in [4.78, 5) is 17.0. The molecule has 0 fully saturated rings. The average Bonchev–Trinajstić information content (AvgIpc) is 3.06. The number of nitrogens with zero attached hydrogens (tertiary/aromatic N) is 2. The third-order valence-electron chi connectivity index (χ3n) is 4.68. The van der Waals surface area contributed by atoms with E-state index in [9.17, 15) is 4.79 Å². The Hall–Kier alpha value is -3.31. The molecule has 0 saturated heterocycles. The van der Waals surface area contributed by atoms with Crippen LogP contribution >= 0.6 is 11.6 Å². The van der Waals surface area contributed by atoms with Gasteiger partial charge in [-0.15, -0.1) is 0 Å². The lowest BCUT2D eigenvalue weighted by Gasteiger charge is -2.11. The summed E-state index contributed by atoms with van der Waals surface area (Å²) in [5.41, 5.74) is 5.00. The lowest BCUT2D eigenvalue weighted by atomic mass is 10.1. The Morgan fingerprint density at radius 3 is 2.62 bits per heavy atom. The zero-order valence-corrected chi connectivity index (χ0v) is 16.8. The number of hydrogen-bond acceptors (Lipinski definition) is 2. The van der Waals surface area contributed by atoms with Gasteiger partial charge in [0.1, 0.15) is 5.82 Å². The molecule has 0 bridgehead atoms. The van der Waals surface area contributed by atoms with Crippen molar-refractivity contribution in [1.29, 1.82) is 0 Å². The monoisotopic (exact) mass is 404 g/mol. The van der Waals surface area contributed by atoms with Crippen LogP contribution in [-0.2, 0) is 13.1 Å². The molecule has 1 heterocycles. The molecule has 0 aliphatic heterocycles. The van der Waals surface area contributed by atoms with Gasteiger partial charge in [0.05, 0.1) is 17.6 Å². The minimum atomic E-state index is -0.304. The van der Waals surface area contributed by atoms with Crippen molar-refractivity contribution in [2.45, 2.75) is 20.0 Å². The maximum absolute atomic E-state index is 12.3. The van der Waals surface area contributed by atoms with Crippen LogP contribution in [0.2, 0.25) is 5.02 Å². The van der Waals surface area contributed by atoms with E-state index in [1.54, 1.807) is 24.3 Å². The summed E-state index contributed by atoms with van der Waals surface area (Å²) < 4.78 is 2.14. The Bertz CT molecular complexity index is 1150. The van der Waals surface area contributed by atoms with Gasteiger partial charge in [-0.05, 0) is 42.8 Å². The number of nitrogens with one attached hydrogen (secondary N) is 2. The van der Waals surface area contributed by atoms with Gasteiger partial charge < -0.3 is 15.2 Å². The number of benzene rings is 3. The standard InChI is InChI=1S/C23H21ClN4O/c1-16-9-11-17(12-10-16)15-28-21-8-3-2-7-20(21)27-22(28)14-25-23(29)26-19-6-4-5-18(24)13-19/h2-13H,14-15H2,1H3,(H2,25,26,29). The largest absolute Gasteiger partial charge is 0.331 e. The molecule has 0 unspecified atom stereocenters. The van der Waals surface area contributed by atoms with Crippen molar-refractivity contribution in [3.63, 3.8) is 0 Å². The van der Waals surface area contributed by atoms with Crippen molar-refractivity contribution >= 4 is 34.4 Å². The van der Waals surface area contributed by atoms with Crippen LogP contribution in [0.5, 0.6) is 0 Å². The summed E-state index contributed by atoms with van der Waals surface area (Å²) in [7, 11) is 0. The smallest absolute Gasteiger partial charge is 0.319 e. The van der Waals surface area contributed by atoms with Gasteiger partial charge in [-0.2, -0.15) is 0 Å². The first-order valence-electron chi connectivity index (χ1n) is 9.38. The van der Waals surface area contributed by atoms with Crippen LogP contribution in [0.15, 0.2) is 72.8 Å². The number of para-hydroxylation sites is 2. The highest BCUT2D eigenvalue weighted by atomic mass is 35.5. The highest BCUT2D eigenvalue weighted by molar-refractivity contribution is 6.30. The number of carbonyl (C=O) groups is 1. The summed E-state index contributed by atoms with van der Waals surface area (Å²) in [6.07, 6.45) is 0. The fourth-order valence-corrected chi connectivity index (χ4v) is 3.40. The molecule has 2 amide bonds. The molecule has 6 heteroatoms. The molecule has 29 heavy (non-hydrogen) atoms. The first-order valence-corrected chi connectivity index (χ1v) is 9.76. The number of aryl methyl sites for hydroxylation is 1. The Labute approximate surface area is 174 Å².